The second-order valence-electron chi connectivity index (χ2n) is 7.10. The predicted octanol–water partition coefficient (Wildman–Crippen LogP) is 6.66. The van der Waals surface area contributed by atoms with Crippen molar-refractivity contribution in [3.05, 3.63) is 80.9 Å². The fourth-order valence-corrected chi connectivity index (χ4v) is 5.37. The van der Waals surface area contributed by atoms with Crippen molar-refractivity contribution >= 4 is 34.8 Å². The van der Waals surface area contributed by atoms with Crippen LogP contribution in [0, 0.1) is 11.8 Å². The normalized spacial score (nSPS) is 28.5. The van der Waals surface area contributed by atoms with E-state index in [0.717, 1.165) is 29.4 Å². The van der Waals surface area contributed by atoms with E-state index < -0.39 is 0 Å². The van der Waals surface area contributed by atoms with Gasteiger partial charge in [-0.3, -0.25) is 0 Å². The fourth-order valence-electron chi connectivity index (χ4n) is 4.70. The van der Waals surface area contributed by atoms with Gasteiger partial charge in [0.25, 0.3) is 0 Å². The first-order valence-corrected chi connectivity index (χ1v) is 9.81. The van der Waals surface area contributed by atoms with Crippen molar-refractivity contribution in [2.45, 2.75) is 24.7 Å². The van der Waals surface area contributed by atoms with Crippen LogP contribution in [0.25, 0.3) is 0 Å². The lowest BCUT2D eigenvalue weighted by Crippen LogP contribution is -2.31. The van der Waals surface area contributed by atoms with Crippen LogP contribution in [0.3, 0.4) is 0 Å². The quantitative estimate of drug-likeness (QED) is 0.602. The van der Waals surface area contributed by atoms with Crippen molar-refractivity contribution in [3.63, 3.8) is 0 Å². The Labute approximate surface area is 164 Å². The third-order valence-corrected chi connectivity index (χ3v) is 6.64. The highest BCUT2D eigenvalue weighted by molar-refractivity contribution is 6.35. The van der Waals surface area contributed by atoms with Crippen molar-refractivity contribution in [2.24, 2.45) is 11.8 Å². The van der Waals surface area contributed by atoms with E-state index in [1.807, 2.05) is 24.3 Å². The molecule has 1 aliphatic carbocycles. The summed E-state index contributed by atoms with van der Waals surface area (Å²) in [6.45, 7) is 5.20. The molecule has 0 spiro atoms. The van der Waals surface area contributed by atoms with Gasteiger partial charge in [-0.25, -0.2) is 0 Å². The Kier molecular flexibility index (Phi) is 4.75. The van der Waals surface area contributed by atoms with E-state index in [-0.39, 0.29) is 0 Å². The van der Waals surface area contributed by atoms with Crippen molar-refractivity contribution < 1.29 is 0 Å². The minimum absolute atomic E-state index is 0.375. The molecule has 2 aliphatic rings. The summed E-state index contributed by atoms with van der Waals surface area (Å²) in [5.74, 6) is 1.82. The summed E-state index contributed by atoms with van der Waals surface area (Å²) < 4.78 is 0. The average Bonchev–Trinajstić information content (AvgIpc) is 2.97. The van der Waals surface area contributed by atoms with Gasteiger partial charge in [0.15, 0.2) is 0 Å². The molecule has 0 amide bonds. The summed E-state index contributed by atoms with van der Waals surface area (Å²) in [5, 5.41) is 5.71. The summed E-state index contributed by atoms with van der Waals surface area (Å²) in [4.78, 5) is 0. The Balaban J connectivity index is 1.78. The van der Waals surface area contributed by atoms with E-state index in [0.29, 0.717) is 28.7 Å². The van der Waals surface area contributed by atoms with Gasteiger partial charge in [0, 0.05) is 33.2 Å². The van der Waals surface area contributed by atoms with E-state index in [1.54, 1.807) is 0 Å². The Morgan fingerprint density at radius 2 is 1.56 bits per heavy atom. The Morgan fingerprint density at radius 3 is 2.28 bits per heavy atom. The van der Waals surface area contributed by atoms with Gasteiger partial charge in [0.05, 0.1) is 0 Å². The van der Waals surface area contributed by atoms with Crippen LogP contribution in [-0.2, 0) is 0 Å². The van der Waals surface area contributed by atoms with E-state index in [4.69, 9.17) is 34.8 Å². The molecule has 1 nitrogen and oxygen atoms in total. The van der Waals surface area contributed by atoms with Crippen LogP contribution < -0.4 is 5.32 Å². The van der Waals surface area contributed by atoms with E-state index in [2.05, 4.69) is 30.1 Å². The maximum atomic E-state index is 6.57. The minimum atomic E-state index is 0.375. The van der Waals surface area contributed by atoms with Gasteiger partial charge in [0.1, 0.15) is 0 Å². The minimum Gasteiger partial charge on any atom is -0.388 e. The van der Waals surface area contributed by atoms with Crippen molar-refractivity contribution in [1.82, 2.24) is 5.32 Å². The maximum absolute atomic E-state index is 6.57. The molecule has 3 unspecified atom stereocenters. The average molecular weight is 393 g/mol. The number of hydrogen-bond acceptors (Lipinski definition) is 1. The smallest absolute Gasteiger partial charge is 0.0455 e. The molecule has 0 aromatic heterocycles. The SMILES string of the molecule is C=C1NCC2C1CCC(c1ccc(Cl)cc1Cl)[C@@H]2c1ccc(Cl)cc1. The first-order chi connectivity index (χ1) is 12.0. The third kappa shape index (κ3) is 3.18. The number of rotatable bonds is 2. The number of benzene rings is 2. The van der Waals surface area contributed by atoms with Gasteiger partial charge in [-0.05, 0) is 66.0 Å². The van der Waals surface area contributed by atoms with Crippen molar-refractivity contribution in [3.8, 4) is 0 Å². The Bertz CT molecular complexity index is 799. The zero-order valence-corrected chi connectivity index (χ0v) is 16.1. The molecule has 1 heterocycles. The lowest BCUT2D eigenvalue weighted by Gasteiger charge is -2.40. The zero-order chi connectivity index (χ0) is 17.6. The summed E-state index contributed by atoms with van der Waals surface area (Å²) in [7, 11) is 0. The van der Waals surface area contributed by atoms with Crippen LogP contribution in [0.2, 0.25) is 15.1 Å². The highest BCUT2D eigenvalue weighted by atomic mass is 35.5. The van der Waals surface area contributed by atoms with Crippen molar-refractivity contribution in [1.29, 1.82) is 0 Å². The molecule has 1 aliphatic heterocycles. The molecule has 0 bridgehead atoms. The maximum Gasteiger partial charge on any atom is 0.0455 e. The van der Waals surface area contributed by atoms with Crippen LogP contribution >= 0.6 is 34.8 Å². The third-order valence-electron chi connectivity index (χ3n) is 5.83. The number of nitrogens with one attached hydrogen (secondary N) is 1. The zero-order valence-electron chi connectivity index (χ0n) is 13.8. The van der Waals surface area contributed by atoms with Crippen LogP contribution in [0.15, 0.2) is 54.7 Å². The molecule has 0 radical (unpaired) electrons. The number of fused-ring (bicyclic) bond motifs is 1. The number of allylic oxidation sites excluding steroid dienone is 1. The van der Waals surface area contributed by atoms with Gasteiger partial charge >= 0.3 is 0 Å². The van der Waals surface area contributed by atoms with E-state index in [1.165, 1.54) is 16.8 Å². The molecule has 130 valence electrons. The molecule has 2 aromatic carbocycles. The summed E-state index contributed by atoms with van der Waals surface area (Å²) in [6, 6.07) is 14.2. The molecule has 4 rings (SSSR count). The number of hydrogen-bond donors (Lipinski definition) is 1. The monoisotopic (exact) mass is 391 g/mol. The largest absolute Gasteiger partial charge is 0.388 e. The van der Waals surface area contributed by atoms with Gasteiger partial charge in [-0.2, -0.15) is 0 Å². The fraction of sp³-hybridized carbons (Fsp3) is 0.333. The van der Waals surface area contributed by atoms with Crippen molar-refractivity contribution in [2.75, 3.05) is 6.54 Å². The van der Waals surface area contributed by atoms with Gasteiger partial charge in [0.2, 0.25) is 0 Å². The molecule has 2 aromatic rings. The standard InChI is InChI=1S/C21H20Cl3N/c1-12-16-8-9-18(17-7-6-15(23)10-20(17)24)21(19(16)11-25-12)13-2-4-14(22)5-3-13/h2-7,10,16,18-19,21,25H,1,8-9,11H2/t16?,18?,19?,21-/m0/s1. The highest BCUT2D eigenvalue weighted by Crippen LogP contribution is 2.54. The van der Waals surface area contributed by atoms with Crippen LogP contribution in [0.5, 0.6) is 0 Å². The number of halogens is 3. The molecular weight excluding hydrogens is 373 g/mol. The van der Waals surface area contributed by atoms with Crippen LogP contribution in [-0.4, -0.2) is 6.54 Å². The van der Waals surface area contributed by atoms with Crippen LogP contribution in [0.4, 0.5) is 0 Å². The molecule has 1 N–H and O–H groups in total. The Hall–Kier alpha value is -1.15. The lowest BCUT2D eigenvalue weighted by molar-refractivity contribution is 0.240. The topological polar surface area (TPSA) is 12.0 Å². The van der Waals surface area contributed by atoms with Crippen LogP contribution in [0.1, 0.15) is 35.8 Å². The van der Waals surface area contributed by atoms with Gasteiger partial charge in [-0.1, -0.05) is 59.6 Å². The van der Waals surface area contributed by atoms with Gasteiger partial charge in [-0.15, -0.1) is 0 Å². The summed E-state index contributed by atoms with van der Waals surface area (Å²) >= 11 is 18.8. The second kappa shape index (κ2) is 6.87. The van der Waals surface area contributed by atoms with E-state index in [9.17, 15) is 0 Å². The lowest BCUT2D eigenvalue weighted by atomic mass is 9.63. The summed E-state index contributed by atoms with van der Waals surface area (Å²) in [6.07, 6.45) is 2.24. The predicted molar refractivity (Wildman–Crippen MR) is 107 cm³/mol. The molecule has 4 heteroatoms. The molecule has 2 fully saturated rings. The molecular formula is C21H20Cl3N. The van der Waals surface area contributed by atoms with E-state index >= 15 is 0 Å². The molecule has 4 atom stereocenters. The first-order valence-electron chi connectivity index (χ1n) is 8.67. The first kappa shape index (κ1) is 17.3. The highest BCUT2D eigenvalue weighted by Gasteiger charge is 2.45. The Morgan fingerprint density at radius 1 is 0.880 bits per heavy atom. The molecule has 1 saturated heterocycles. The summed E-state index contributed by atoms with van der Waals surface area (Å²) in [5.41, 5.74) is 3.71. The van der Waals surface area contributed by atoms with Gasteiger partial charge < -0.3 is 5.32 Å². The molecule has 25 heavy (non-hydrogen) atoms. The second-order valence-corrected chi connectivity index (χ2v) is 8.38. The molecule has 1 saturated carbocycles.